The number of nitrogens with zero attached hydrogens (tertiary/aromatic N) is 2. The summed E-state index contributed by atoms with van der Waals surface area (Å²) < 4.78 is 1.81. The van der Waals surface area contributed by atoms with Gasteiger partial charge in [-0.1, -0.05) is 30.3 Å². The fraction of sp³-hybridized carbons (Fsp3) is 0.200. The Labute approximate surface area is 146 Å². The summed E-state index contributed by atoms with van der Waals surface area (Å²) in [5.74, 6) is 0.240. The third-order valence-corrected chi connectivity index (χ3v) is 4.05. The number of hydrogen-bond donors (Lipinski definition) is 2. The first-order valence-electron chi connectivity index (χ1n) is 8.35. The molecule has 0 saturated carbocycles. The lowest BCUT2D eigenvalue weighted by Crippen LogP contribution is -2.25. The molecule has 0 saturated heterocycles. The molecule has 2 N–H and O–H groups in total. The lowest BCUT2D eigenvalue weighted by molar-refractivity contribution is -0.121. The summed E-state index contributed by atoms with van der Waals surface area (Å²) in [5.41, 5.74) is 2.98. The molecule has 5 nitrogen and oxygen atoms in total. The van der Waals surface area contributed by atoms with Gasteiger partial charge in [-0.3, -0.25) is 4.79 Å². The number of phenols is 1. The van der Waals surface area contributed by atoms with Crippen molar-refractivity contribution in [3.8, 4) is 11.4 Å². The number of para-hydroxylation sites is 1. The van der Waals surface area contributed by atoms with Crippen LogP contribution in [0.5, 0.6) is 5.75 Å². The molecule has 0 aliphatic rings. The molecule has 3 rings (SSSR count). The predicted octanol–water partition coefficient (Wildman–Crippen LogP) is 2.87. The number of benzene rings is 2. The van der Waals surface area contributed by atoms with Crippen molar-refractivity contribution in [1.29, 1.82) is 0 Å². The maximum absolute atomic E-state index is 11.9. The monoisotopic (exact) mass is 335 g/mol. The highest BCUT2D eigenvalue weighted by molar-refractivity contribution is 5.76. The van der Waals surface area contributed by atoms with Crippen LogP contribution in [0.1, 0.15) is 17.5 Å². The fourth-order valence-corrected chi connectivity index (χ4v) is 2.64. The smallest absolute Gasteiger partial charge is 0.220 e. The summed E-state index contributed by atoms with van der Waals surface area (Å²) in [6.07, 6.45) is 5.34. The van der Waals surface area contributed by atoms with E-state index in [1.807, 2.05) is 53.3 Å². The van der Waals surface area contributed by atoms with E-state index >= 15 is 0 Å². The van der Waals surface area contributed by atoms with Crippen LogP contribution in [-0.2, 0) is 17.6 Å². The average molecular weight is 335 g/mol. The van der Waals surface area contributed by atoms with Gasteiger partial charge in [-0.2, -0.15) is 5.10 Å². The molecule has 0 spiro atoms. The highest BCUT2D eigenvalue weighted by atomic mass is 16.3. The van der Waals surface area contributed by atoms with Crippen molar-refractivity contribution in [3.63, 3.8) is 0 Å². The molecule has 0 fully saturated rings. The number of aryl methyl sites for hydroxylation is 1. The molecular weight excluding hydrogens is 314 g/mol. The number of carbonyl (C=O) groups is 1. The Morgan fingerprint density at radius 2 is 1.84 bits per heavy atom. The first-order chi connectivity index (χ1) is 12.2. The van der Waals surface area contributed by atoms with E-state index in [1.54, 1.807) is 18.3 Å². The van der Waals surface area contributed by atoms with E-state index in [-0.39, 0.29) is 11.7 Å². The highest BCUT2D eigenvalue weighted by Crippen LogP contribution is 2.17. The molecule has 0 unspecified atom stereocenters. The third kappa shape index (κ3) is 4.70. The van der Waals surface area contributed by atoms with Crippen LogP contribution in [0.2, 0.25) is 0 Å². The molecule has 5 heteroatoms. The van der Waals surface area contributed by atoms with Crippen molar-refractivity contribution in [3.05, 3.63) is 78.1 Å². The molecule has 0 aliphatic carbocycles. The maximum atomic E-state index is 11.9. The molecule has 0 bridgehead atoms. The van der Waals surface area contributed by atoms with Gasteiger partial charge in [-0.25, -0.2) is 4.68 Å². The largest absolute Gasteiger partial charge is 0.508 e. The molecule has 1 aromatic heterocycles. The van der Waals surface area contributed by atoms with Crippen LogP contribution in [0.4, 0.5) is 0 Å². The van der Waals surface area contributed by atoms with E-state index in [0.717, 1.165) is 23.2 Å². The van der Waals surface area contributed by atoms with Gasteiger partial charge < -0.3 is 10.4 Å². The van der Waals surface area contributed by atoms with Crippen LogP contribution >= 0.6 is 0 Å². The zero-order chi connectivity index (χ0) is 17.5. The van der Waals surface area contributed by atoms with Crippen LogP contribution in [0.3, 0.4) is 0 Å². The Bertz CT molecular complexity index is 811. The lowest BCUT2D eigenvalue weighted by Gasteiger charge is -2.07. The zero-order valence-electron chi connectivity index (χ0n) is 13.9. The number of carbonyl (C=O) groups excluding carboxylic acids is 1. The van der Waals surface area contributed by atoms with Crippen LogP contribution in [0, 0.1) is 0 Å². The van der Waals surface area contributed by atoms with Gasteiger partial charge in [0.05, 0.1) is 5.69 Å². The van der Waals surface area contributed by atoms with Gasteiger partial charge in [0.25, 0.3) is 0 Å². The number of nitrogens with one attached hydrogen (secondary N) is 1. The molecule has 1 heterocycles. The molecule has 3 aromatic rings. The first-order valence-corrected chi connectivity index (χ1v) is 8.35. The van der Waals surface area contributed by atoms with E-state index in [1.165, 1.54) is 0 Å². The van der Waals surface area contributed by atoms with Crippen LogP contribution < -0.4 is 5.32 Å². The standard InChI is InChI=1S/C20H21N3O2/c24-19-5-2-1-4-17(19)8-11-20(25)21-14-12-16-6-9-18(10-7-16)23-15-3-13-22-23/h1-7,9-10,13,15,24H,8,11-12,14H2,(H,21,25). The molecular formula is C20H21N3O2. The van der Waals surface area contributed by atoms with Crippen molar-refractivity contribution in [1.82, 2.24) is 15.1 Å². The Hall–Kier alpha value is -3.08. The molecule has 2 aromatic carbocycles. The van der Waals surface area contributed by atoms with E-state index < -0.39 is 0 Å². The lowest BCUT2D eigenvalue weighted by atomic mass is 10.1. The van der Waals surface area contributed by atoms with Crippen molar-refractivity contribution < 1.29 is 9.90 Å². The van der Waals surface area contributed by atoms with Crippen LogP contribution in [-0.4, -0.2) is 27.3 Å². The van der Waals surface area contributed by atoms with Crippen LogP contribution in [0.15, 0.2) is 67.0 Å². The van der Waals surface area contributed by atoms with Gasteiger partial charge in [0.15, 0.2) is 0 Å². The second-order valence-electron chi connectivity index (χ2n) is 5.85. The van der Waals surface area contributed by atoms with Crippen molar-refractivity contribution in [2.45, 2.75) is 19.3 Å². The van der Waals surface area contributed by atoms with Gasteiger partial charge in [0, 0.05) is 25.4 Å². The number of amides is 1. The van der Waals surface area contributed by atoms with Gasteiger partial charge in [0.2, 0.25) is 5.91 Å². The number of aromatic hydroxyl groups is 1. The molecule has 1 amide bonds. The quantitative estimate of drug-likeness (QED) is 0.698. The normalized spacial score (nSPS) is 10.6. The fourth-order valence-electron chi connectivity index (χ4n) is 2.64. The van der Waals surface area contributed by atoms with E-state index in [0.29, 0.717) is 19.4 Å². The Kier molecular flexibility index (Phi) is 5.46. The Morgan fingerprint density at radius 3 is 2.56 bits per heavy atom. The van der Waals surface area contributed by atoms with E-state index in [2.05, 4.69) is 10.4 Å². The number of aromatic nitrogens is 2. The summed E-state index contributed by atoms with van der Waals surface area (Å²) in [7, 11) is 0. The topological polar surface area (TPSA) is 67.2 Å². The minimum atomic E-state index is -0.00332. The zero-order valence-corrected chi connectivity index (χ0v) is 13.9. The van der Waals surface area contributed by atoms with Crippen molar-refractivity contribution in [2.24, 2.45) is 0 Å². The average Bonchev–Trinajstić information content (AvgIpc) is 3.16. The summed E-state index contributed by atoms with van der Waals surface area (Å²) >= 11 is 0. The number of phenolic OH excluding ortho intramolecular Hbond substituents is 1. The Morgan fingerprint density at radius 1 is 1.04 bits per heavy atom. The van der Waals surface area contributed by atoms with Crippen LogP contribution in [0.25, 0.3) is 5.69 Å². The molecule has 0 radical (unpaired) electrons. The second-order valence-corrected chi connectivity index (χ2v) is 5.85. The minimum Gasteiger partial charge on any atom is -0.508 e. The molecule has 0 aliphatic heterocycles. The predicted molar refractivity (Wildman–Crippen MR) is 96.7 cm³/mol. The Balaban J connectivity index is 1.42. The summed E-state index contributed by atoms with van der Waals surface area (Å²) in [4.78, 5) is 11.9. The molecule has 25 heavy (non-hydrogen) atoms. The minimum absolute atomic E-state index is 0.00332. The van der Waals surface area contributed by atoms with Crippen molar-refractivity contribution >= 4 is 5.91 Å². The van der Waals surface area contributed by atoms with Gasteiger partial charge in [-0.05, 0) is 48.2 Å². The van der Waals surface area contributed by atoms with Gasteiger partial charge in [-0.15, -0.1) is 0 Å². The van der Waals surface area contributed by atoms with Gasteiger partial charge in [0.1, 0.15) is 5.75 Å². The summed E-state index contributed by atoms with van der Waals surface area (Å²) in [6, 6.07) is 17.1. The van der Waals surface area contributed by atoms with E-state index in [9.17, 15) is 9.90 Å². The second kappa shape index (κ2) is 8.15. The molecule has 128 valence electrons. The maximum Gasteiger partial charge on any atom is 0.220 e. The summed E-state index contributed by atoms with van der Waals surface area (Å²) in [5, 5.41) is 16.8. The van der Waals surface area contributed by atoms with Gasteiger partial charge >= 0.3 is 0 Å². The number of rotatable bonds is 7. The van der Waals surface area contributed by atoms with Crippen molar-refractivity contribution in [2.75, 3.05) is 6.54 Å². The first kappa shape index (κ1) is 16.8. The molecule has 0 atom stereocenters. The van der Waals surface area contributed by atoms with E-state index in [4.69, 9.17) is 0 Å². The summed E-state index contributed by atoms with van der Waals surface area (Å²) in [6.45, 7) is 0.598. The highest BCUT2D eigenvalue weighted by Gasteiger charge is 2.05. The third-order valence-electron chi connectivity index (χ3n) is 4.05. The SMILES string of the molecule is O=C(CCc1ccccc1O)NCCc1ccc(-n2cccn2)cc1. The number of hydrogen-bond acceptors (Lipinski definition) is 3.